The van der Waals surface area contributed by atoms with E-state index in [1.165, 1.54) is 11.8 Å². The Kier molecular flexibility index (Phi) is 6.35. The van der Waals surface area contributed by atoms with Gasteiger partial charge in [0.1, 0.15) is 17.7 Å². The molecule has 0 aliphatic carbocycles. The lowest BCUT2D eigenvalue weighted by Gasteiger charge is -2.13. The summed E-state index contributed by atoms with van der Waals surface area (Å²) in [6.07, 6.45) is 0. The SMILES string of the molecule is Cc1cc(Br)ccc1SCC(=O)NC(C#N)c1ccc(F)cc1F. The quantitative estimate of drug-likeness (QED) is 0.737. The van der Waals surface area contributed by atoms with Gasteiger partial charge in [-0.15, -0.1) is 11.8 Å². The maximum Gasteiger partial charge on any atom is 0.231 e. The summed E-state index contributed by atoms with van der Waals surface area (Å²) in [5.74, 6) is -1.92. The molecular formula is C17H13BrF2N2OS. The smallest absolute Gasteiger partial charge is 0.231 e. The maximum atomic E-state index is 13.7. The van der Waals surface area contributed by atoms with Crippen molar-refractivity contribution < 1.29 is 13.6 Å². The van der Waals surface area contributed by atoms with Crippen LogP contribution in [-0.4, -0.2) is 11.7 Å². The minimum Gasteiger partial charge on any atom is -0.336 e. The van der Waals surface area contributed by atoms with Crippen molar-refractivity contribution in [2.45, 2.75) is 17.9 Å². The molecule has 7 heteroatoms. The Labute approximate surface area is 151 Å². The van der Waals surface area contributed by atoms with Gasteiger partial charge in [0.05, 0.1) is 11.8 Å². The second-order valence-corrected chi connectivity index (χ2v) is 6.93. The summed E-state index contributed by atoms with van der Waals surface area (Å²) >= 11 is 4.69. The number of halogens is 3. The molecule has 1 atom stereocenters. The Balaban J connectivity index is 2.01. The summed E-state index contributed by atoms with van der Waals surface area (Å²) in [4.78, 5) is 13.0. The molecular weight excluding hydrogens is 398 g/mol. The van der Waals surface area contributed by atoms with Crippen molar-refractivity contribution in [3.63, 3.8) is 0 Å². The molecule has 0 saturated carbocycles. The second-order valence-electron chi connectivity index (χ2n) is 4.99. The normalized spacial score (nSPS) is 11.6. The van der Waals surface area contributed by atoms with Crippen molar-refractivity contribution in [2.24, 2.45) is 0 Å². The average molecular weight is 411 g/mol. The van der Waals surface area contributed by atoms with E-state index in [1.807, 2.05) is 31.2 Å². The van der Waals surface area contributed by atoms with E-state index in [2.05, 4.69) is 21.2 Å². The summed E-state index contributed by atoms with van der Waals surface area (Å²) in [6, 6.07) is 9.25. The Morgan fingerprint density at radius 2 is 2.08 bits per heavy atom. The molecule has 0 saturated heterocycles. The third kappa shape index (κ3) is 4.79. The van der Waals surface area contributed by atoms with Crippen molar-refractivity contribution in [1.29, 1.82) is 5.26 Å². The Bertz CT molecular complexity index is 808. The van der Waals surface area contributed by atoms with Gasteiger partial charge < -0.3 is 5.32 Å². The maximum absolute atomic E-state index is 13.7. The van der Waals surface area contributed by atoms with Crippen molar-refractivity contribution in [3.8, 4) is 6.07 Å². The summed E-state index contributed by atoms with van der Waals surface area (Å²) < 4.78 is 27.6. The van der Waals surface area contributed by atoms with Gasteiger partial charge in [-0.3, -0.25) is 4.79 Å². The van der Waals surface area contributed by atoms with Crippen LogP contribution in [0.1, 0.15) is 17.2 Å². The van der Waals surface area contributed by atoms with E-state index < -0.39 is 23.6 Å². The van der Waals surface area contributed by atoms with Crippen LogP contribution in [0.2, 0.25) is 0 Å². The molecule has 3 nitrogen and oxygen atoms in total. The largest absolute Gasteiger partial charge is 0.336 e. The van der Waals surface area contributed by atoms with Gasteiger partial charge in [-0.25, -0.2) is 8.78 Å². The Morgan fingerprint density at radius 3 is 2.71 bits per heavy atom. The minimum absolute atomic E-state index is 0.0583. The first kappa shape index (κ1) is 18.4. The number of carbonyl (C=O) groups is 1. The molecule has 0 heterocycles. The van der Waals surface area contributed by atoms with Crippen molar-refractivity contribution in [3.05, 3.63) is 63.6 Å². The van der Waals surface area contributed by atoms with E-state index in [-0.39, 0.29) is 11.3 Å². The Morgan fingerprint density at radius 1 is 1.33 bits per heavy atom. The fourth-order valence-corrected chi connectivity index (χ4v) is 3.33. The number of aryl methyl sites for hydroxylation is 1. The van der Waals surface area contributed by atoms with Crippen LogP contribution in [-0.2, 0) is 4.79 Å². The third-order valence-corrected chi connectivity index (χ3v) is 4.87. The van der Waals surface area contributed by atoms with E-state index in [0.29, 0.717) is 6.07 Å². The molecule has 0 radical (unpaired) electrons. The molecule has 1 unspecified atom stereocenters. The number of benzene rings is 2. The predicted molar refractivity (Wildman–Crippen MR) is 92.5 cm³/mol. The van der Waals surface area contributed by atoms with Gasteiger partial charge in [0.15, 0.2) is 0 Å². The molecule has 0 aliphatic heterocycles. The van der Waals surface area contributed by atoms with Crippen LogP contribution in [0.3, 0.4) is 0 Å². The number of nitrogens with zero attached hydrogens (tertiary/aromatic N) is 1. The highest BCUT2D eigenvalue weighted by molar-refractivity contribution is 9.10. The first-order chi connectivity index (χ1) is 11.4. The highest BCUT2D eigenvalue weighted by atomic mass is 79.9. The summed E-state index contributed by atoms with van der Waals surface area (Å²) in [5.41, 5.74) is 0.959. The van der Waals surface area contributed by atoms with Crippen molar-refractivity contribution in [1.82, 2.24) is 5.32 Å². The van der Waals surface area contributed by atoms with E-state index in [1.54, 1.807) is 0 Å². The zero-order chi connectivity index (χ0) is 17.7. The summed E-state index contributed by atoms with van der Waals surface area (Å²) in [7, 11) is 0. The number of thioether (sulfide) groups is 1. The molecule has 24 heavy (non-hydrogen) atoms. The minimum atomic E-state index is -1.16. The molecule has 0 aliphatic rings. The zero-order valence-electron chi connectivity index (χ0n) is 12.6. The van der Waals surface area contributed by atoms with E-state index in [0.717, 1.165) is 27.1 Å². The highest BCUT2D eigenvalue weighted by Crippen LogP contribution is 2.25. The van der Waals surface area contributed by atoms with Gasteiger partial charge >= 0.3 is 0 Å². The van der Waals surface area contributed by atoms with E-state index in [4.69, 9.17) is 5.26 Å². The lowest BCUT2D eigenvalue weighted by molar-refractivity contribution is -0.118. The second kappa shape index (κ2) is 8.27. The third-order valence-electron chi connectivity index (χ3n) is 3.20. The topological polar surface area (TPSA) is 52.9 Å². The summed E-state index contributed by atoms with van der Waals surface area (Å²) in [5, 5.41) is 11.6. The molecule has 1 N–H and O–H groups in total. The van der Waals surface area contributed by atoms with E-state index >= 15 is 0 Å². The molecule has 0 bridgehead atoms. The van der Waals surface area contributed by atoms with Gasteiger partial charge in [-0.1, -0.05) is 22.0 Å². The zero-order valence-corrected chi connectivity index (χ0v) is 15.0. The first-order valence-electron chi connectivity index (χ1n) is 6.93. The van der Waals surface area contributed by atoms with Crippen molar-refractivity contribution >= 4 is 33.6 Å². The average Bonchev–Trinajstić information content (AvgIpc) is 2.52. The molecule has 2 aromatic rings. The number of nitriles is 1. The fourth-order valence-electron chi connectivity index (χ4n) is 2.04. The highest BCUT2D eigenvalue weighted by Gasteiger charge is 2.18. The number of hydrogen-bond acceptors (Lipinski definition) is 3. The van der Waals surface area contributed by atoms with Crippen LogP contribution in [0.5, 0.6) is 0 Å². The van der Waals surface area contributed by atoms with Crippen LogP contribution in [0.4, 0.5) is 8.78 Å². The molecule has 2 rings (SSSR count). The van der Waals surface area contributed by atoms with Gasteiger partial charge in [0, 0.05) is 21.0 Å². The number of amides is 1. The number of hydrogen-bond donors (Lipinski definition) is 1. The van der Waals surface area contributed by atoms with Crippen LogP contribution in [0, 0.1) is 29.9 Å². The monoisotopic (exact) mass is 410 g/mol. The molecule has 0 spiro atoms. The molecule has 1 amide bonds. The van der Waals surface area contributed by atoms with Gasteiger partial charge in [0.2, 0.25) is 5.91 Å². The van der Waals surface area contributed by atoms with E-state index in [9.17, 15) is 13.6 Å². The number of rotatable bonds is 5. The first-order valence-corrected chi connectivity index (χ1v) is 8.71. The van der Waals surface area contributed by atoms with Crippen LogP contribution in [0.15, 0.2) is 45.8 Å². The fraction of sp³-hybridized carbons (Fsp3) is 0.176. The van der Waals surface area contributed by atoms with Gasteiger partial charge in [0.25, 0.3) is 0 Å². The molecule has 124 valence electrons. The lowest BCUT2D eigenvalue weighted by atomic mass is 10.1. The lowest BCUT2D eigenvalue weighted by Crippen LogP contribution is -2.29. The van der Waals surface area contributed by atoms with Gasteiger partial charge in [-0.2, -0.15) is 5.26 Å². The van der Waals surface area contributed by atoms with Crippen LogP contribution < -0.4 is 5.32 Å². The predicted octanol–water partition coefficient (Wildman–Crippen LogP) is 4.51. The standard InChI is InChI=1S/C17H13BrF2N2OS/c1-10-6-11(18)2-5-16(10)24-9-17(23)22-15(8-21)13-4-3-12(19)7-14(13)20/h2-7,15H,9H2,1H3,(H,22,23). The van der Waals surface area contributed by atoms with Crippen molar-refractivity contribution in [2.75, 3.05) is 5.75 Å². The van der Waals surface area contributed by atoms with Gasteiger partial charge in [-0.05, 0) is 36.8 Å². The molecule has 2 aromatic carbocycles. The molecule has 0 aromatic heterocycles. The Hall–Kier alpha value is -1.91. The summed E-state index contributed by atoms with van der Waals surface area (Å²) in [6.45, 7) is 1.93. The molecule has 0 fully saturated rings. The number of carbonyl (C=O) groups excluding carboxylic acids is 1. The number of nitrogens with one attached hydrogen (secondary N) is 1. The van der Waals surface area contributed by atoms with Crippen LogP contribution in [0.25, 0.3) is 0 Å². The van der Waals surface area contributed by atoms with Crippen LogP contribution >= 0.6 is 27.7 Å².